The first kappa shape index (κ1) is 16.0. The van der Waals surface area contributed by atoms with Crippen molar-refractivity contribution in [2.75, 3.05) is 19.0 Å². The van der Waals surface area contributed by atoms with Gasteiger partial charge in [-0.05, 0) is 37.5 Å². The van der Waals surface area contributed by atoms with Crippen LogP contribution < -0.4 is 10.2 Å². The van der Waals surface area contributed by atoms with E-state index in [2.05, 4.69) is 76.3 Å². The molecule has 0 saturated heterocycles. The first-order valence-corrected chi connectivity index (χ1v) is 7.52. The van der Waals surface area contributed by atoms with Gasteiger partial charge in [0.25, 0.3) is 0 Å². The van der Waals surface area contributed by atoms with Crippen molar-refractivity contribution in [3.05, 3.63) is 29.8 Å². The normalized spacial score (nSPS) is 14.5. The van der Waals surface area contributed by atoms with Crippen LogP contribution in [0.4, 0.5) is 5.69 Å². The molecule has 0 amide bonds. The van der Waals surface area contributed by atoms with Crippen LogP contribution in [0.2, 0.25) is 0 Å². The fourth-order valence-electron chi connectivity index (χ4n) is 2.68. The summed E-state index contributed by atoms with van der Waals surface area (Å²) >= 11 is 0. The summed E-state index contributed by atoms with van der Waals surface area (Å²) in [6.45, 7) is 9.12. The summed E-state index contributed by atoms with van der Waals surface area (Å²) in [7, 11) is 4.15. The Labute approximate surface area is 119 Å². The van der Waals surface area contributed by atoms with Crippen molar-refractivity contribution in [2.45, 2.75) is 52.6 Å². The minimum Gasteiger partial charge on any atom is -0.378 e. The quantitative estimate of drug-likeness (QED) is 0.791. The van der Waals surface area contributed by atoms with Gasteiger partial charge in [-0.1, -0.05) is 38.8 Å². The van der Waals surface area contributed by atoms with Crippen LogP contribution in [0.25, 0.3) is 0 Å². The van der Waals surface area contributed by atoms with Crippen LogP contribution in [-0.2, 0) is 0 Å². The molecule has 2 nitrogen and oxygen atoms in total. The van der Waals surface area contributed by atoms with Crippen LogP contribution in [-0.4, -0.2) is 20.1 Å². The largest absolute Gasteiger partial charge is 0.378 e. The number of hydrogen-bond acceptors (Lipinski definition) is 2. The van der Waals surface area contributed by atoms with E-state index in [1.807, 2.05) is 0 Å². The Morgan fingerprint density at radius 2 is 1.53 bits per heavy atom. The number of anilines is 1. The molecule has 19 heavy (non-hydrogen) atoms. The summed E-state index contributed by atoms with van der Waals surface area (Å²) in [6, 6.07) is 9.81. The molecule has 2 atom stereocenters. The molecule has 0 aliphatic heterocycles. The van der Waals surface area contributed by atoms with Crippen LogP contribution >= 0.6 is 0 Å². The van der Waals surface area contributed by atoms with Gasteiger partial charge in [-0.15, -0.1) is 0 Å². The van der Waals surface area contributed by atoms with Crippen LogP contribution in [0.1, 0.15) is 52.1 Å². The molecular formula is C17H30N2. The van der Waals surface area contributed by atoms with Gasteiger partial charge in [0, 0.05) is 31.9 Å². The smallest absolute Gasteiger partial charge is 0.0361 e. The molecule has 108 valence electrons. The second-order valence-corrected chi connectivity index (χ2v) is 5.74. The lowest BCUT2D eigenvalue weighted by Gasteiger charge is -2.27. The molecule has 0 aliphatic carbocycles. The standard InChI is InChI=1S/C17H30N2/c1-7-15(8-2)13(3)18-14(4)16-9-11-17(12-10-16)19(5)6/h9-15,18H,7-8H2,1-6H3. The lowest BCUT2D eigenvalue weighted by molar-refractivity contribution is 0.330. The van der Waals surface area contributed by atoms with E-state index in [9.17, 15) is 0 Å². The van der Waals surface area contributed by atoms with E-state index in [0.717, 1.165) is 5.92 Å². The van der Waals surface area contributed by atoms with E-state index in [1.165, 1.54) is 24.1 Å². The fourth-order valence-corrected chi connectivity index (χ4v) is 2.68. The summed E-state index contributed by atoms with van der Waals surface area (Å²) in [4.78, 5) is 2.13. The van der Waals surface area contributed by atoms with E-state index in [0.29, 0.717) is 12.1 Å². The van der Waals surface area contributed by atoms with Gasteiger partial charge >= 0.3 is 0 Å². The zero-order valence-electron chi connectivity index (χ0n) is 13.4. The maximum absolute atomic E-state index is 3.73. The highest BCUT2D eigenvalue weighted by Crippen LogP contribution is 2.20. The number of hydrogen-bond donors (Lipinski definition) is 1. The molecule has 1 rings (SSSR count). The zero-order valence-corrected chi connectivity index (χ0v) is 13.4. The molecule has 0 saturated carbocycles. The molecule has 1 aromatic rings. The Balaban J connectivity index is 2.64. The predicted octanol–water partition coefficient (Wildman–Crippen LogP) is 4.23. The van der Waals surface area contributed by atoms with E-state index < -0.39 is 0 Å². The molecule has 2 unspecified atom stereocenters. The molecular weight excluding hydrogens is 232 g/mol. The SMILES string of the molecule is CCC(CC)C(C)NC(C)c1ccc(N(C)C)cc1. The Hall–Kier alpha value is -1.02. The highest BCUT2D eigenvalue weighted by Gasteiger charge is 2.16. The number of nitrogens with zero attached hydrogens (tertiary/aromatic N) is 1. The van der Waals surface area contributed by atoms with Crippen LogP contribution in [0.3, 0.4) is 0 Å². The molecule has 0 radical (unpaired) electrons. The summed E-state index contributed by atoms with van der Waals surface area (Å²) in [5.41, 5.74) is 2.62. The van der Waals surface area contributed by atoms with E-state index in [4.69, 9.17) is 0 Å². The van der Waals surface area contributed by atoms with Crippen molar-refractivity contribution in [3.8, 4) is 0 Å². The van der Waals surface area contributed by atoms with Crippen LogP contribution in [0, 0.1) is 5.92 Å². The Bertz CT molecular complexity index is 352. The van der Waals surface area contributed by atoms with Gasteiger partial charge in [0.15, 0.2) is 0 Å². The zero-order chi connectivity index (χ0) is 14.4. The minimum absolute atomic E-state index is 0.409. The van der Waals surface area contributed by atoms with Crippen molar-refractivity contribution >= 4 is 5.69 Å². The second-order valence-electron chi connectivity index (χ2n) is 5.74. The topological polar surface area (TPSA) is 15.3 Å². The van der Waals surface area contributed by atoms with Crippen molar-refractivity contribution in [1.29, 1.82) is 0 Å². The predicted molar refractivity (Wildman–Crippen MR) is 85.9 cm³/mol. The van der Waals surface area contributed by atoms with E-state index in [1.54, 1.807) is 0 Å². The van der Waals surface area contributed by atoms with Gasteiger partial charge in [0.05, 0.1) is 0 Å². The minimum atomic E-state index is 0.409. The fraction of sp³-hybridized carbons (Fsp3) is 0.647. The number of benzene rings is 1. The Morgan fingerprint density at radius 1 is 1.00 bits per heavy atom. The number of nitrogens with one attached hydrogen (secondary N) is 1. The third-order valence-electron chi connectivity index (χ3n) is 4.18. The molecule has 0 heterocycles. The van der Waals surface area contributed by atoms with Gasteiger partial charge in [-0.3, -0.25) is 0 Å². The maximum atomic E-state index is 3.73. The Morgan fingerprint density at radius 3 is 1.95 bits per heavy atom. The molecule has 0 spiro atoms. The third kappa shape index (κ3) is 4.54. The number of rotatable bonds is 7. The maximum Gasteiger partial charge on any atom is 0.0361 e. The molecule has 0 aromatic heterocycles. The Kier molecular flexibility index (Phi) is 6.36. The van der Waals surface area contributed by atoms with Gasteiger partial charge in [-0.2, -0.15) is 0 Å². The first-order valence-electron chi connectivity index (χ1n) is 7.52. The van der Waals surface area contributed by atoms with Gasteiger partial charge in [0.2, 0.25) is 0 Å². The highest BCUT2D eigenvalue weighted by molar-refractivity contribution is 5.46. The summed E-state index contributed by atoms with van der Waals surface area (Å²) < 4.78 is 0. The van der Waals surface area contributed by atoms with E-state index >= 15 is 0 Å². The van der Waals surface area contributed by atoms with Crippen molar-refractivity contribution in [3.63, 3.8) is 0 Å². The monoisotopic (exact) mass is 262 g/mol. The van der Waals surface area contributed by atoms with Crippen molar-refractivity contribution in [2.24, 2.45) is 5.92 Å². The molecule has 0 bridgehead atoms. The molecule has 0 aliphatic rings. The third-order valence-corrected chi connectivity index (χ3v) is 4.18. The highest BCUT2D eigenvalue weighted by atomic mass is 15.1. The van der Waals surface area contributed by atoms with Crippen LogP contribution in [0.5, 0.6) is 0 Å². The lowest BCUT2D eigenvalue weighted by atomic mass is 9.94. The first-order chi connectivity index (χ1) is 8.99. The molecule has 1 N–H and O–H groups in total. The average Bonchev–Trinajstić information content (AvgIpc) is 2.40. The van der Waals surface area contributed by atoms with Crippen molar-refractivity contribution in [1.82, 2.24) is 5.32 Å². The lowest BCUT2D eigenvalue weighted by Crippen LogP contribution is -2.35. The molecule has 2 heteroatoms. The van der Waals surface area contributed by atoms with Gasteiger partial charge in [-0.25, -0.2) is 0 Å². The molecule has 0 fully saturated rings. The summed E-state index contributed by atoms with van der Waals surface area (Å²) in [5, 5.41) is 3.73. The van der Waals surface area contributed by atoms with Crippen molar-refractivity contribution < 1.29 is 0 Å². The molecule has 1 aromatic carbocycles. The van der Waals surface area contributed by atoms with Gasteiger partial charge < -0.3 is 10.2 Å². The average molecular weight is 262 g/mol. The summed E-state index contributed by atoms with van der Waals surface area (Å²) in [6.07, 6.45) is 2.49. The van der Waals surface area contributed by atoms with E-state index in [-0.39, 0.29) is 0 Å². The van der Waals surface area contributed by atoms with Gasteiger partial charge in [0.1, 0.15) is 0 Å². The van der Waals surface area contributed by atoms with Crippen LogP contribution in [0.15, 0.2) is 24.3 Å². The second kappa shape index (κ2) is 7.54. The summed E-state index contributed by atoms with van der Waals surface area (Å²) in [5.74, 6) is 0.767.